The van der Waals surface area contributed by atoms with Gasteiger partial charge in [0.15, 0.2) is 17.0 Å². The number of benzene rings is 1. The summed E-state index contributed by atoms with van der Waals surface area (Å²) in [6.07, 6.45) is -4.07. The van der Waals surface area contributed by atoms with Gasteiger partial charge in [-0.3, -0.25) is 4.79 Å². The number of fused-ring (bicyclic) bond motifs is 1. The van der Waals surface area contributed by atoms with E-state index in [0.717, 1.165) is 6.07 Å². The number of carbonyl (C=O) groups excluding carboxylic acids is 1. The smallest absolute Gasteiger partial charge is 0.433 e. The van der Waals surface area contributed by atoms with Gasteiger partial charge in [-0.2, -0.15) is 18.3 Å². The Kier molecular flexibility index (Phi) is 5.46. The molecule has 148 valence electrons. The van der Waals surface area contributed by atoms with Gasteiger partial charge in [0.1, 0.15) is 10.8 Å². The van der Waals surface area contributed by atoms with Gasteiger partial charge >= 0.3 is 6.18 Å². The third kappa shape index (κ3) is 3.75. The summed E-state index contributed by atoms with van der Waals surface area (Å²) in [7, 11) is 1.48. The van der Waals surface area contributed by atoms with E-state index in [4.69, 9.17) is 16.3 Å². The first-order valence-corrected chi connectivity index (χ1v) is 8.73. The normalized spacial score (nSPS) is 11.6. The summed E-state index contributed by atoms with van der Waals surface area (Å²) in [5, 5.41) is 6.07. The average molecular weight is 413 g/mol. The lowest BCUT2D eigenvalue weighted by Gasteiger charge is -2.11. The average Bonchev–Trinajstić information content (AvgIpc) is 3.01. The van der Waals surface area contributed by atoms with Crippen molar-refractivity contribution in [2.45, 2.75) is 19.5 Å². The highest BCUT2D eigenvalue weighted by atomic mass is 35.5. The predicted molar refractivity (Wildman–Crippen MR) is 97.6 cm³/mol. The molecule has 0 aliphatic carbocycles. The molecule has 0 saturated heterocycles. The second-order valence-corrected chi connectivity index (χ2v) is 6.28. The number of methoxy groups -OCH3 is 1. The number of carbonyl (C=O) groups is 1. The summed E-state index contributed by atoms with van der Waals surface area (Å²) >= 11 is 6.17. The molecule has 2 heterocycles. The standard InChI is InChI=1S/C18H16ClF3N4O2/c1-3-8-23-17(27)15-14(19)16-24-12(10-4-6-11(28-2)7-5-10)9-13(18(20,21)22)26(16)25-15/h4-7,9H,3,8H2,1-2H3,(H,23,27). The second-order valence-electron chi connectivity index (χ2n) is 5.91. The third-order valence-corrected chi connectivity index (χ3v) is 4.31. The summed E-state index contributed by atoms with van der Waals surface area (Å²) in [6, 6.07) is 7.24. The maximum absolute atomic E-state index is 13.6. The molecule has 0 bridgehead atoms. The third-order valence-electron chi connectivity index (χ3n) is 3.96. The van der Waals surface area contributed by atoms with Gasteiger partial charge in [0.25, 0.3) is 5.91 Å². The van der Waals surface area contributed by atoms with Crippen LogP contribution < -0.4 is 10.1 Å². The largest absolute Gasteiger partial charge is 0.497 e. The maximum atomic E-state index is 13.6. The Bertz CT molecular complexity index is 1020. The number of rotatable bonds is 5. The fourth-order valence-electron chi connectivity index (χ4n) is 2.57. The van der Waals surface area contributed by atoms with Crippen molar-refractivity contribution < 1.29 is 22.7 Å². The van der Waals surface area contributed by atoms with Crippen molar-refractivity contribution in [3.63, 3.8) is 0 Å². The summed E-state index contributed by atoms with van der Waals surface area (Å²) in [6.45, 7) is 2.19. The summed E-state index contributed by atoms with van der Waals surface area (Å²) in [4.78, 5) is 16.4. The minimum Gasteiger partial charge on any atom is -0.497 e. The molecule has 1 N–H and O–H groups in total. The minimum atomic E-state index is -4.73. The zero-order chi connectivity index (χ0) is 20.5. The highest BCUT2D eigenvalue weighted by Crippen LogP contribution is 2.34. The number of nitrogens with one attached hydrogen (secondary N) is 1. The Morgan fingerprint density at radius 2 is 1.96 bits per heavy atom. The van der Waals surface area contributed by atoms with Crippen LogP contribution >= 0.6 is 11.6 Å². The van der Waals surface area contributed by atoms with E-state index in [9.17, 15) is 18.0 Å². The number of hydrogen-bond acceptors (Lipinski definition) is 4. The summed E-state index contributed by atoms with van der Waals surface area (Å²) in [5.41, 5.74) is -1.16. The monoisotopic (exact) mass is 412 g/mol. The maximum Gasteiger partial charge on any atom is 0.433 e. The quantitative estimate of drug-likeness (QED) is 0.681. The van der Waals surface area contributed by atoms with Gasteiger partial charge < -0.3 is 10.1 Å². The fourth-order valence-corrected chi connectivity index (χ4v) is 2.82. The van der Waals surface area contributed by atoms with E-state index in [1.165, 1.54) is 7.11 Å². The van der Waals surface area contributed by atoms with Crippen LogP contribution in [0.1, 0.15) is 29.5 Å². The molecule has 3 rings (SSSR count). The molecule has 0 radical (unpaired) electrons. The van der Waals surface area contributed by atoms with E-state index in [1.54, 1.807) is 24.3 Å². The first-order valence-electron chi connectivity index (χ1n) is 8.35. The molecular formula is C18H16ClF3N4O2. The Hall–Kier alpha value is -2.81. The molecule has 0 unspecified atom stereocenters. The first kappa shape index (κ1) is 19.9. The van der Waals surface area contributed by atoms with Crippen molar-refractivity contribution in [1.29, 1.82) is 0 Å². The molecule has 0 atom stereocenters. The van der Waals surface area contributed by atoms with Gasteiger partial charge in [-0.1, -0.05) is 18.5 Å². The minimum absolute atomic E-state index is 0.0461. The van der Waals surface area contributed by atoms with Crippen LogP contribution in [0, 0.1) is 0 Å². The van der Waals surface area contributed by atoms with Crippen molar-refractivity contribution in [1.82, 2.24) is 19.9 Å². The number of amides is 1. The van der Waals surface area contributed by atoms with Crippen molar-refractivity contribution in [3.8, 4) is 17.0 Å². The van der Waals surface area contributed by atoms with E-state index in [2.05, 4.69) is 15.4 Å². The lowest BCUT2D eigenvalue weighted by atomic mass is 10.1. The number of alkyl halides is 3. The molecule has 0 spiro atoms. The molecule has 0 aliphatic rings. The summed E-state index contributed by atoms with van der Waals surface area (Å²) < 4.78 is 46.5. The molecule has 1 amide bonds. The Balaban J connectivity index is 2.19. The van der Waals surface area contributed by atoms with E-state index in [1.807, 2.05) is 6.92 Å². The predicted octanol–water partition coefficient (Wildman–Crippen LogP) is 4.22. The van der Waals surface area contributed by atoms with Gasteiger partial charge in [-0.05, 0) is 36.8 Å². The molecule has 2 aromatic heterocycles. The van der Waals surface area contributed by atoms with Crippen LogP contribution in [0.25, 0.3) is 16.9 Å². The molecule has 0 aliphatic heterocycles. The zero-order valence-corrected chi connectivity index (χ0v) is 15.7. The van der Waals surface area contributed by atoms with Crippen LogP contribution in [0.2, 0.25) is 5.02 Å². The zero-order valence-electron chi connectivity index (χ0n) is 15.0. The highest BCUT2D eigenvalue weighted by Gasteiger charge is 2.36. The first-order chi connectivity index (χ1) is 13.3. The summed E-state index contributed by atoms with van der Waals surface area (Å²) in [5.74, 6) is -0.102. The SMILES string of the molecule is CCCNC(=O)c1nn2c(C(F)(F)F)cc(-c3ccc(OC)cc3)nc2c1Cl. The van der Waals surface area contributed by atoms with Crippen LogP contribution in [0.3, 0.4) is 0 Å². The van der Waals surface area contributed by atoms with Crippen LogP contribution in [0.5, 0.6) is 5.75 Å². The van der Waals surface area contributed by atoms with Gasteiger partial charge in [0.05, 0.1) is 12.8 Å². The molecule has 1 aromatic carbocycles. The van der Waals surface area contributed by atoms with Gasteiger partial charge in [-0.15, -0.1) is 0 Å². The molecule has 28 heavy (non-hydrogen) atoms. The van der Waals surface area contributed by atoms with Gasteiger partial charge in [0, 0.05) is 12.1 Å². The van der Waals surface area contributed by atoms with Crippen molar-refractivity contribution in [3.05, 3.63) is 46.7 Å². The molecule has 3 aromatic rings. The number of aromatic nitrogens is 3. The van der Waals surface area contributed by atoms with E-state index in [0.29, 0.717) is 28.8 Å². The van der Waals surface area contributed by atoms with Crippen molar-refractivity contribution >= 4 is 23.2 Å². The fraction of sp³-hybridized carbons (Fsp3) is 0.278. The number of halogens is 4. The van der Waals surface area contributed by atoms with Crippen LogP contribution in [0.4, 0.5) is 13.2 Å². The molecular weight excluding hydrogens is 397 g/mol. The molecule has 10 heteroatoms. The van der Waals surface area contributed by atoms with Crippen molar-refractivity contribution in [2.24, 2.45) is 0 Å². The molecule has 6 nitrogen and oxygen atoms in total. The second kappa shape index (κ2) is 7.67. The lowest BCUT2D eigenvalue weighted by Crippen LogP contribution is -2.24. The lowest BCUT2D eigenvalue weighted by molar-refractivity contribution is -0.142. The van der Waals surface area contributed by atoms with Crippen LogP contribution in [-0.2, 0) is 6.18 Å². The molecule has 0 fully saturated rings. The van der Waals surface area contributed by atoms with Crippen molar-refractivity contribution in [2.75, 3.05) is 13.7 Å². The van der Waals surface area contributed by atoms with Crippen LogP contribution in [0.15, 0.2) is 30.3 Å². The van der Waals surface area contributed by atoms with E-state index < -0.39 is 17.8 Å². The van der Waals surface area contributed by atoms with E-state index >= 15 is 0 Å². The van der Waals surface area contributed by atoms with Gasteiger partial charge in [-0.25, -0.2) is 9.50 Å². The number of ether oxygens (including phenoxy) is 1. The van der Waals surface area contributed by atoms with Crippen LogP contribution in [-0.4, -0.2) is 34.2 Å². The Morgan fingerprint density at radius 3 is 2.54 bits per heavy atom. The van der Waals surface area contributed by atoms with E-state index in [-0.39, 0.29) is 22.1 Å². The Morgan fingerprint density at radius 1 is 1.29 bits per heavy atom. The Labute approximate surface area is 163 Å². The number of nitrogens with zero attached hydrogens (tertiary/aromatic N) is 3. The molecule has 0 saturated carbocycles. The topological polar surface area (TPSA) is 68.5 Å². The van der Waals surface area contributed by atoms with Gasteiger partial charge in [0.2, 0.25) is 0 Å². The highest BCUT2D eigenvalue weighted by molar-refractivity contribution is 6.36. The number of hydrogen-bond donors (Lipinski definition) is 1.